The number of amides is 1. The first kappa shape index (κ1) is 15.3. The Morgan fingerprint density at radius 1 is 1.32 bits per heavy atom. The highest BCUT2D eigenvalue weighted by Gasteiger charge is 2.47. The van der Waals surface area contributed by atoms with Crippen molar-refractivity contribution in [3.05, 3.63) is 35.9 Å². The van der Waals surface area contributed by atoms with Crippen LogP contribution < -0.4 is 0 Å². The lowest BCUT2D eigenvalue weighted by molar-refractivity contribution is -0.165. The molecule has 2 N–H and O–H groups in total. The lowest BCUT2D eigenvalue weighted by atomic mass is 9.90. The Hall–Kier alpha value is -1.63. The van der Waals surface area contributed by atoms with Crippen molar-refractivity contribution in [1.29, 1.82) is 0 Å². The fourth-order valence-corrected chi connectivity index (χ4v) is 3.04. The number of ether oxygens (including phenoxy) is 2. The Kier molecular flexibility index (Phi) is 4.33. The average Bonchev–Trinajstić information content (AvgIpc) is 2.94. The summed E-state index contributed by atoms with van der Waals surface area (Å²) < 4.78 is 11.0. The van der Waals surface area contributed by atoms with Gasteiger partial charge in [0, 0.05) is 13.0 Å². The minimum absolute atomic E-state index is 0.105. The molecule has 0 bridgehead atoms. The fourth-order valence-electron chi connectivity index (χ4n) is 3.04. The second kappa shape index (κ2) is 6.24. The maximum Gasteiger partial charge on any atom is 0.410 e. The summed E-state index contributed by atoms with van der Waals surface area (Å²) in [5.74, 6) is 0. The van der Waals surface area contributed by atoms with E-state index in [4.69, 9.17) is 9.47 Å². The molecule has 1 amide bonds. The monoisotopic (exact) mass is 307 g/mol. The lowest BCUT2D eigenvalue weighted by Crippen LogP contribution is -2.51. The number of carbonyl (C=O) groups excluding carboxylic acids is 1. The molecule has 0 radical (unpaired) electrons. The lowest BCUT2D eigenvalue weighted by Gasteiger charge is -2.38. The van der Waals surface area contributed by atoms with Crippen LogP contribution in [-0.2, 0) is 16.1 Å². The molecule has 3 atom stereocenters. The van der Waals surface area contributed by atoms with Gasteiger partial charge in [-0.1, -0.05) is 30.3 Å². The van der Waals surface area contributed by atoms with Gasteiger partial charge < -0.3 is 24.6 Å². The Morgan fingerprint density at radius 2 is 2.09 bits per heavy atom. The zero-order chi connectivity index (χ0) is 15.6. The van der Waals surface area contributed by atoms with Gasteiger partial charge in [0.25, 0.3) is 0 Å². The van der Waals surface area contributed by atoms with E-state index in [2.05, 4.69) is 0 Å². The number of aliphatic hydroxyl groups excluding tert-OH is 2. The predicted octanol–water partition coefficient (Wildman–Crippen LogP) is 0.910. The summed E-state index contributed by atoms with van der Waals surface area (Å²) >= 11 is 0. The van der Waals surface area contributed by atoms with Crippen molar-refractivity contribution >= 4 is 6.09 Å². The minimum atomic E-state index is -0.843. The number of likely N-dealkylation sites (tertiary alicyclic amines) is 1. The van der Waals surface area contributed by atoms with E-state index >= 15 is 0 Å². The van der Waals surface area contributed by atoms with Crippen LogP contribution in [0.15, 0.2) is 30.3 Å². The van der Waals surface area contributed by atoms with Gasteiger partial charge in [0.1, 0.15) is 12.7 Å². The van der Waals surface area contributed by atoms with E-state index in [-0.39, 0.29) is 19.3 Å². The maximum absolute atomic E-state index is 12.1. The number of hydrogen-bond acceptors (Lipinski definition) is 5. The number of nitrogens with zero attached hydrogens (tertiary/aromatic N) is 1. The molecular weight excluding hydrogens is 286 g/mol. The number of carbonyl (C=O) groups is 1. The van der Waals surface area contributed by atoms with Crippen molar-refractivity contribution < 1.29 is 24.5 Å². The Balaban J connectivity index is 1.53. The van der Waals surface area contributed by atoms with E-state index in [0.717, 1.165) is 5.56 Å². The smallest absolute Gasteiger partial charge is 0.410 e. The summed E-state index contributed by atoms with van der Waals surface area (Å²) in [4.78, 5) is 13.7. The highest BCUT2D eigenvalue weighted by Crippen LogP contribution is 2.34. The SMILES string of the molecule is O=C(OCc1ccccc1)N1CCC2(C[C@H](O)[C@H](O)CO2)C1. The van der Waals surface area contributed by atoms with Crippen molar-refractivity contribution in [3.8, 4) is 0 Å². The molecule has 3 rings (SSSR count). The minimum Gasteiger partial charge on any atom is -0.445 e. The fraction of sp³-hybridized carbons (Fsp3) is 0.562. The first-order valence-electron chi connectivity index (χ1n) is 7.54. The Bertz CT molecular complexity index is 523. The van der Waals surface area contributed by atoms with Gasteiger partial charge in [0.2, 0.25) is 0 Å². The van der Waals surface area contributed by atoms with Gasteiger partial charge in [-0.15, -0.1) is 0 Å². The van der Waals surface area contributed by atoms with E-state index < -0.39 is 17.8 Å². The van der Waals surface area contributed by atoms with E-state index in [0.29, 0.717) is 25.9 Å². The maximum atomic E-state index is 12.1. The highest BCUT2D eigenvalue weighted by atomic mass is 16.6. The summed E-state index contributed by atoms with van der Waals surface area (Å²) in [6.45, 7) is 1.28. The topological polar surface area (TPSA) is 79.2 Å². The predicted molar refractivity (Wildman–Crippen MR) is 78.1 cm³/mol. The van der Waals surface area contributed by atoms with Gasteiger partial charge in [-0.05, 0) is 12.0 Å². The van der Waals surface area contributed by atoms with Crippen molar-refractivity contribution in [2.75, 3.05) is 19.7 Å². The van der Waals surface area contributed by atoms with E-state index in [1.54, 1.807) is 4.90 Å². The first-order valence-corrected chi connectivity index (χ1v) is 7.54. The van der Waals surface area contributed by atoms with E-state index in [9.17, 15) is 15.0 Å². The molecule has 6 nitrogen and oxygen atoms in total. The molecule has 2 saturated heterocycles. The number of benzene rings is 1. The summed E-state index contributed by atoms with van der Waals surface area (Å²) in [5.41, 5.74) is 0.391. The van der Waals surface area contributed by atoms with Gasteiger partial charge >= 0.3 is 6.09 Å². The van der Waals surface area contributed by atoms with Crippen LogP contribution in [0.3, 0.4) is 0 Å². The largest absolute Gasteiger partial charge is 0.445 e. The number of hydrogen-bond donors (Lipinski definition) is 2. The molecule has 1 spiro atoms. The van der Waals surface area contributed by atoms with E-state index in [1.165, 1.54) is 0 Å². The zero-order valence-corrected chi connectivity index (χ0v) is 12.4. The third kappa shape index (κ3) is 3.24. The molecule has 1 unspecified atom stereocenters. The van der Waals surface area contributed by atoms with Crippen LogP contribution in [-0.4, -0.2) is 58.7 Å². The van der Waals surface area contributed by atoms with Crippen molar-refractivity contribution in [1.82, 2.24) is 4.90 Å². The van der Waals surface area contributed by atoms with Crippen molar-refractivity contribution in [2.24, 2.45) is 0 Å². The van der Waals surface area contributed by atoms with Crippen LogP contribution in [0.25, 0.3) is 0 Å². The molecule has 6 heteroatoms. The molecule has 2 fully saturated rings. The van der Waals surface area contributed by atoms with Crippen LogP contribution in [0.4, 0.5) is 4.79 Å². The highest BCUT2D eigenvalue weighted by molar-refractivity contribution is 5.68. The third-order valence-corrected chi connectivity index (χ3v) is 4.37. The molecule has 2 heterocycles. The summed E-state index contributed by atoms with van der Waals surface area (Å²) in [6.07, 6.45) is -1.02. The third-order valence-electron chi connectivity index (χ3n) is 4.37. The molecule has 22 heavy (non-hydrogen) atoms. The van der Waals surface area contributed by atoms with Crippen molar-refractivity contribution in [2.45, 2.75) is 37.3 Å². The van der Waals surface area contributed by atoms with Crippen LogP contribution >= 0.6 is 0 Å². The van der Waals surface area contributed by atoms with Gasteiger partial charge in [-0.2, -0.15) is 0 Å². The standard InChI is InChI=1S/C16H21NO5/c18-13-8-16(22-10-14(13)19)6-7-17(11-16)15(20)21-9-12-4-2-1-3-5-12/h1-5,13-14,18-19H,6-11H2/t13-,14+,16?/m0/s1. The molecule has 0 saturated carbocycles. The Labute approximate surface area is 129 Å². The van der Waals surface area contributed by atoms with E-state index in [1.807, 2.05) is 30.3 Å². The molecule has 120 valence electrons. The molecule has 1 aromatic carbocycles. The van der Waals surface area contributed by atoms with Crippen LogP contribution in [0, 0.1) is 0 Å². The first-order chi connectivity index (χ1) is 10.6. The van der Waals surface area contributed by atoms with Crippen molar-refractivity contribution in [3.63, 3.8) is 0 Å². The quantitative estimate of drug-likeness (QED) is 0.849. The molecule has 2 aliphatic rings. The Morgan fingerprint density at radius 3 is 2.82 bits per heavy atom. The van der Waals surface area contributed by atoms with Crippen LogP contribution in [0.5, 0.6) is 0 Å². The van der Waals surface area contributed by atoms with Crippen LogP contribution in [0.2, 0.25) is 0 Å². The second-order valence-electron chi connectivity index (χ2n) is 6.04. The van der Waals surface area contributed by atoms with Crippen LogP contribution in [0.1, 0.15) is 18.4 Å². The van der Waals surface area contributed by atoms with Gasteiger partial charge in [-0.25, -0.2) is 4.79 Å². The summed E-state index contributed by atoms with van der Waals surface area (Å²) in [6, 6.07) is 9.52. The summed E-state index contributed by atoms with van der Waals surface area (Å²) in [7, 11) is 0. The molecule has 2 aliphatic heterocycles. The second-order valence-corrected chi connectivity index (χ2v) is 6.04. The molecule has 1 aromatic rings. The van der Waals surface area contributed by atoms with Gasteiger partial charge in [-0.3, -0.25) is 0 Å². The number of rotatable bonds is 2. The molecule has 0 aliphatic carbocycles. The number of aliphatic hydroxyl groups is 2. The average molecular weight is 307 g/mol. The molecule has 0 aromatic heterocycles. The molecular formula is C16H21NO5. The van der Waals surface area contributed by atoms with Gasteiger partial charge in [0.15, 0.2) is 0 Å². The zero-order valence-electron chi connectivity index (χ0n) is 12.4. The normalized spacial score (nSPS) is 31.5. The van der Waals surface area contributed by atoms with Gasteiger partial charge in [0.05, 0.1) is 24.9 Å². The summed E-state index contributed by atoms with van der Waals surface area (Å²) in [5, 5.41) is 19.3.